The van der Waals surface area contributed by atoms with Gasteiger partial charge in [-0.1, -0.05) is 110 Å². The Hall–Kier alpha value is -7.57. The largest absolute Gasteiger partial charge is 0.476 e. The average molecular weight is 726 g/mol. The number of rotatable bonds is 1. The third-order valence-corrected chi connectivity index (χ3v) is 12.7. The predicted molar refractivity (Wildman–Crippen MR) is 235 cm³/mol. The van der Waals surface area contributed by atoms with Gasteiger partial charge in [0.2, 0.25) is 0 Å². The van der Waals surface area contributed by atoms with Gasteiger partial charge in [-0.25, -0.2) is 4.98 Å². The van der Waals surface area contributed by atoms with Crippen LogP contribution in [0.2, 0.25) is 0 Å². The van der Waals surface area contributed by atoms with Crippen LogP contribution < -0.4 is 26.9 Å². The Labute approximate surface area is 324 Å². The van der Waals surface area contributed by atoms with Crippen LogP contribution in [0.5, 0.6) is 0 Å². The zero-order valence-electron chi connectivity index (χ0n) is 30.5. The van der Waals surface area contributed by atoms with Gasteiger partial charge in [0.25, 0.3) is 0 Å². The summed E-state index contributed by atoms with van der Waals surface area (Å²) in [5.41, 5.74) is 11.9. The van der Waals surface area contributed by atoms with Crippen molar-refractivity contribution in [3.8, 4) is 22.6 Å². The maximum absolute atomic E-state index is 7.19. The second kappa shape index (κ2) is 10.4. The summed E-state index contributed by atoms with van der Waals surface area (Å²) in [4.78, 5) is 5.30. The standard InChI is InChI=1S/C51H28BN3O2/c1-28-33-18-9-25-56-50-48(28)54(39-20-6-13-30-11-4-15-34(33)44(30)39)41-26-32(38-24-23-29-10-2-3-19-37(29)53-38)27-42-47(41)52(50)51-49-46-36(17-8-22-43(46)57-51)35-16-5-12-31-14-7-21-40(45(31)35)55(42)49/h2-27H,1H2/b25-9-,33-18+. The lowest BCUT2D eigenvalue weighted by atomic mass is 9.38. The summed E-state index contributed by atoms with van der Waals surface area (Å²) in [5.74, 6) is 0. The van der Waals surface area contributed by atoms with Gasteiger partial charge in [-0.05, 0) is 86.2 Å². The van der Waals surface area contributed by atoms with E-state index in [9.17, 15) is 0 Å². The van der Waals surface area contributed by atoms with Gasteiger partial charge in [0.05, 0.1) is 44.8 Å². The number of para-hydroxylation sites is 1. The molecule has 0 spiro atoms. The number of fused-ring (bicyclic) bond motifs is 10. The highest BCUT2D eigenvalue weighted by molar-refractivity contribution is 7.00. The normalized spacial score (nSPS) is 15.0. The molecule has 11 aromatic rings. The number of hydrogen-bond donors (Lipinski definition) is 0. The van der Waals surface area contributed by atoms with Gasteiger partial charge in [-0.2, -0.15) is 0 Å². The summed E-state index contributed by atoms with van der Waals surface area (Å²) in [7, 11) is 0. The van der Waals surface area contributed by atoms with E-state index in [4.69, 9.17) is 20.7 Å². The minimum Gasteiger partial charge on any atom is -0.476 e. The van der Waals surface area contributed by atoms with Crippen molar-refractivity contribution < 1.29 is 9.15 Å². The molecule has 6 heteroatoms. The van der Waals surface area contributed by atoms with Crippen LogP contribution in [0.1, 0.15) is 0 Å². The summed E-state index contributed by atoms with van der Waals surface area (Å²) >= 11 is 0. The van der Waals surface area contributed by atoms with Crippen LogP contribution >= 0.6 is 0 Å². The molecule has 0 saturated carbocycles. The second-order valence-electron chi connectivity index (χ2n) is 15.5. The molecular formula is C51H28BN3O2. The Morgan fingerprint density at radius 2 is 1.28 bits per heavy atom. The lowest BCUT2D eigenvalue weighted by Crippen LogP contribution is -2.59. The first-order valence-electron chi connectivity index (χ1n) is 19.4. The molecule has 0 N–H and O–H groups in total. The van der Waals surface area contributed by atoms with Gasteiger partial charge in [0.15, 0.2) is 0 Å². The molecule has 0 amide bonds. The van der Waals surface area contributed by atoms with Crippen LogP contribution in [0.4, 0.5) is 0 Å². The average Bonchev–Trinajstić information content (AvgIpc) is 3.52. The quantitative estimate of drug-likeness (QED) is 0.159. The number of pyridine rings is 1. The number of benzene rings is 7. The number of nitrogens with zero attached hydrogens (tertiary/aromatic N) is 3. The van der Waals surface area contributed by atoms with Crippen molar-refractivity contribution in [1.82, 2.24) is 14.1 Å². The SMILES string of the molecule is C=c1c2n3c4cccc5cccc(/c1=C/C=C\OC=2B1c2c-3cc(-c3ccc6ccccc6n3)cc2-n2c3cccc6cccc(c7cccc8oc1c2c87)c63)c54. The number of hydrogen-bond acceptors (Lipinski definition) is 3. The zero-order chi connectivity index (χ0) is 37.1. The Kier molecular flexibility index (Phi) is 5.42. The first kappa shape index (κ1) is 29.8. The smallest absolute Gasteiger partial charge is 0.342 e. The van der Waals surface area contributed by atoms with Crippen molar-refractivity contribution in [2.24, 2.45) is 0 Å². The van der Waals surface area contributed by atoms with Crippen molar-refractivity contribution in [2.75, 3.05) is 0 Å². The molecule has 0 saturated heterocycles. The van der Waals surface area contributed by atoms with Crippen molar-refractivity contribution in [2.45, 2.75) is 0 Å². The fourth-order valence-electron chi connectivity index (χ4n) is 10.4. The molecule has 262 valence electrons. The van der Waals surface area contributed by atoms with E-state index in [2.05, 4.69) is 155 Å². The fraction of sp³-hybridized carbons (Fsp3) is 0. The highest BCUT2D eigenvalue weighted by Gasteiger charge is 2.45. The van der Waals surface area contributed by atoms with E-state index < -0.39 is 0 Å². The Morgan fingerprint density at radius 3 is 2.11 bits per heavy atom. The predicted octanol–water partition coefficient (Wildman–Crippen LogP) is 8.59. The van der Waals surface area contributed by atoms with Crippen LogP contribution in [-0.2, 0) is 4.74 Å². The first-order chi connectivity index (χ1) is 28.2. The van der Waals surface area contributed by atoms with Gasteiger partial charge >= 0.3 is 6.71 Å². The monoisotopic (exact) mass is 725 g/mol. The van der Waals surface area contributed by atoms with Gasteiger partial charge in [0, 0.05) is 38.3 Å². The molecule has 7 heterocycles. The highest BCUT2D eigenvalue weighted by Crippen LogP contribution is 2.42. The molecule has 14 rings (SSSR count). The van der Waals surface area contributed by atoms with E-state index in [0.29, 0.717) is 0 Å². The molecule has 5 nitrogen and oxygen atoms in total. The Morgan fingerprint density at radius 1 is 0.614 bits per heavy atom. The zero-order valence-corrected chi connectivity index (χ0v) is 30.5. The molecule has 57 heavy (non-hydrogen) atoms. The molecule has 7 aromatic carbocycles. The second-order valence-corrected chi connectivity index (χ2v) is 15.5. The molecule has 4 aromatic heterocycles. The van der Waals surface area contributed by atoms with Gasteiger partial charge in [-0.3, -0.25) is 0 Å². The van der Waals surface area contributed by atoms with Crippen LogP contribution in [0.3, 0.4) is 0 Å². The van der Waals surface area contributed by atoms with Gasteiger partial charge < -0.3 is 18.3 Å². The van der Waals surface area contributed by atoms with Crippen LogP contribution in [0.25, 0.3) is 117 Å². The molecule has 2 bridgehead atoms. The number of furan rings is 1. The molecule has 3 aliphatic heterocycles. The summed E-state index contributed by atoms with van der Waals surface area (Å²) in [6.45, 7) is 4.51. The van der Waals surface area contributed by atoms with Crippen molar-refractivity contribution in [3.63, 3.8) is 0 Å². The van der Waals surface area contributed by atoms with E-state index in [-0.39, 0.29) is 6.71 Å². The molecule has 3 aliphatic rings. The molecule has 0 fully saturated rings. The maximum atomic E-state index is 7.19. The Bertz CT molecular complexity index is 3930. The molecule has 0 aliphatic carbocycles. The summed E-state index contributed by atoms with van der Waals surface area (Å²) in [6.07, 6.45) is 5.97. The number of ether oxygens (including phenoxy) is 1. The van der Waals surface area contributed by atoms with E-state index >= 15 is 0 Å². The fourth-order valence-corrected chi connectivity index (χ4v) is 10.4. The van der Waals surface area contributed by atoms with Crippen LogP contribution in [0.15, 0.2) is 156 Å². The van der Waals surface area contributed by atoms with Crippen LogP contribution in [0, 0.1) is 0 Å². The first-order valence-corrected chi connectivity index (χ1v) is 19.4. The van der Waals surface area contributed by atoms with Crippen molar-refractivity contribution in [3.05, 3.63) is 168 Å². The molecular weight excluding hydrogens is 697 g/mol. The van der Waals surface area contributed by atoms with Gasteiger partial charge in [0.1, 0.15) is 16.9 Å². The Balaban J connectivity index is 1.29. The van der Waals surface area contributed by atoms with Gasteiger partial charge in [-0.15, -0.1) is 0 Å². The number of aromatic nitrogens is 3. The minimum atomic E-state index is -0.368. The van der Waals surface area contributed by atoms with Crippen LogP contribution in [-0.4, -0.2) is 20.8 Å². The summed E-state index contributed by atoms with van der Waals surface area (Å²) in [5, 5.41) is 13.4. The number of allylic oxidation sites excluding steroid dienone is 1. The van der Waals surface area contributed by atoms with E-state index in [1.54, 1.807) is 0 Å². The van der Waals surface area contributed by atoms with E-state index in [1.165, 1.54) is 26.9 Å². The summed E-state index contributed by atoms with van der Waals surface area (Å²) in [6, 6.07) is 50.3. The maximum Gasteiger partial charge on any atom is 0.342 e. The minimum absolute atomic E-state index is 0.368. The topological polar surface area (TPSA) is 45.1 Å². The highest BCUT2D eigenvalue weighted by atomic mass is 16.5. The third-order valence-electron chi connectivity index (χ3n) is 12.7. The van der Waals surface area contributed by atoms with Crippen molar-refractivity contribution >= 4 is 112 Å². The molecule has 0 atom stereocenters. The lowest BCUT2D eigenvalue weighted by molar-refractivity contribution is 0.442. The molecule has 0 radical (unpaired) electrons. The summed E-state index contributed by atoms with van der Waals surface area (Å²) < 4.78 is 19.0. The van der Waals surface area contributed by atoms with Crippen molar-refractivity contribution in [1.29, 1.82) is 0 Å². The van der Waals surface area contributed by atoms with E-state index in [0.717, 1.165) is 104 Å². The van der Waals surface area contributed by atoms with E-state index in [1.807, 2.05) is 12.3 Å². The third kappa shape index (κ3) is 3.64. The lowest BCUT2D eigenvalue weighted by Gasteiger charge is -2.33. The molecule has 0 unspecified atom stereocenters.